The number of nitrogens with one attached hydrogen (secondary N) is 2. The van der Waals surface area contributed by atoms with Gasteiger partial charge in [-0.25, -0.2) is 0 Å². The molecule has 1 aliphatic carbocycles. The van der Waals surface area contributed by atoms with Gasteiger partial charge in [0.1, 0.15) is 0 Å². The van der Waals surface area contributed by atoms with E-state index in [1.807, 2.05) is 7.05 Å². The van der Waals surface area contributed by atoms with E-state index in [1.54, 1.807) is 0 Å². The zero-order valence-electron chi connectivity index (χ0n) is 15.5. The van der Waals surface area contributed by atoms with E-state index >= 15 is 0 Å². The Bertz CT molecular complexity index is 338. The number of rotatable bonds is 9. The normalized spacial score (nSPS) is 21.0. The molecule has 1 saturated carbocycles. The van der Waals surface area contributed by atoms with Crippen LogP contribution in [0.5, 0.6) is 0 Å². The molecule has 2 N–H and O–H groups in total. The summed E-state index contributed by atoms with van der Waals surface area (Å²) >= 11 is 0. The van der Waals surface area contributed by atoms with Crippen molar-refractivity contribution in [2.75, 3.05) is 46.6 Å². The number of aliphatic imine (C=N–C) groups is 1. The van der Waals surface area contributed by atoms with E-state index in [1.165, 1.54) is 38.5 Å². The van der Waals surface area contributed by atoms with Crippen LogP contribution in [-0.2, 0) is 9.47 Å². The zero-order valence-corrected chi connectivity index (χ0v) is 15.5. The van der Waals surface area contributed by atoms with Gasteiger partial charge in [0.15, 0.2) is 5.96 Å². The number of hydrogen-bond donors (Lipinski definition) is 2. The molecule has 5 nitrogen and oxygen atoms in total. The average molecular weight is 340 g/mol. The van der Waals surface area contributed by atoms with E-state index in [0.717, 1.165) is 70.7 Å². The highest BCUT2D eigenvalue weighted by atomic mass is 16.5. The lowest BCUT2D eigenvalue weighted by Crippen LogP contribution is -2.39. The second kappa shape index (κ2) is 12.5. The molecule has 5 heteroatoms. The summed E-state index contributed by atoms with van der Waals surface area (Å²) in [6.45, 7) is 5.46. The van der Waals surface area contributed by atoms with Crippen LogP contribution in [0.15, 0.2) is 4.99 Å². The minimum atomic E-state index is 0.695. The molecule has 0 unspecified atom stereocenters. The van der Waals surface area contributed by atoms with Crippen molar-refractivity contribution in [2.45, 2.75) is 57.8 Å². The third-order valence-corrected chi connectivity index (χ3v) is 5.25. The minimum Gasteiger partial charge on any atom is -0.381 e. The van der Waals surface area contributed by atoms with E-state index < -0.39 is 0 Å². The lowest BCUT2D eigenvalue weighted by molar-refractivity contribution is 0.0203. The molecule has 0 aromatic carbocycles. The maximum Gasteiger partial charge on any atom is 0.190 e. The fourth-order valence-corrected chi connectivity index (χ4v) is 3.64. The monoisotopic (exact) mass is 339 g/mol. The molecule has 2 fully saturated rings. The average Bonchev–Trinajstić information content (AvgIpc) is 2.64. The van der Waals surface area contributed by atoms with Gasteiger partial charge in [0.2, 0.25) is 0 Å². The summed E-state index contributed by atoms with van der Waals surface area (Å²) in [5.74, 6) is 2.54. The second-order valence-electron chi connectivity index (χ2n) is 7.20. The fourth-order valence-electron chi connectivity index (χ4n) is 3.64. The molecular formula is C19H37N3O2. The molecule has 0 aromatic heterocycles. The molecular weight excluding hydrogens is 302 g/mol. The van der Waals surface area contributed by atoms with Crippen LogP contribution in [0.2, 0.25) is 0 Å². The molecule has 24 heavy (non-hydrogen) atoms. The molecule has 2 aliphatic rings. The molecule has 0 amide bonds. The van der Waals surface area contributed by atoms with Crippen molar-refractivity contribution in [3.63, 3.8) is 0 Å². The highest BCUT2D eigenvalue weighted by Gasteiger charge is 2.14. The van der Waals surface area contributed by atoms with E-state index in [9.17, 15) is 0 Å². The van der Waals surface area contributed by atoms with Crippen molar-refractivity contribution in [1.29, 1.82) is 0 Å². The Hall–Kier alpha value is -0.810. The summed E-state index contributed by atoms with van der Waals surface area (Å²) in [6.07, 6.45) is 11.7. The summed E-state index contributed by atoms with van der Waals surface area (Å²) in [4.78, 5) is 4.30. The number of nitrogens with zero attached hydrogens (tertiary/aromatic N) is 1. The van der Waals surface area contributed by atoms with Crippen LogP contribution in [0, 0.1) is 11.8 Å². The quantitative estimate of drug-likeness (QED) is 0.385. The Morgan fingerprint density at radius 1 is 1.00 bits per heavy atom. The molecule has 0 aromatic rings. The molecule has 1 aliphatic heterocycles. The topological polar surface area (TPSA) is 54.9 Å². The Balaban J connectivity index is 1.43. The first-order valence-electron chi connectivity index (χ1n) is 9.98. The van der Waals surface area contributed by atoms with Gasteiger partial charge in [-0.15, -0.1) is 0 Å². The van der Waals surface area contributed by atoms with Gasteiger partial charge < -0.3 is 20.1 Å². The Morgan fingerprint density at radius 2 is 1.75 bits per heavy atom. The Morgan fingerprint density at radius 3 is 2.50 bits per heavy atom. The third kappa shape index (κ3) is 8.34. The van der Waals surface area contributed by atoms with Gasteiger partial charge in [-0.1, -0.05) is 32.1 Å². The molecule has 1 heterocycles. The highest BCUT2D eigenvalue weighted by molar-refractivity contribution is 5.79. The fraction of sp³-hybridized carbons (Fsp3) is 0.947. The zero-order chi connectivity index (χ0) is 16.9. The van der Waals surface area contributed by atoms with Gasteiger partial charge in [-0.2, -0.15) is 0 Å². The highest BCUT2D eigenvalue weighted by Crippen LogP contribution is 2.25. The van der Waals surface area contributed by atoms with Crippen molar-refractivity contribution in [3.8, 4) is 0 Å². The predicted octanol–water partition coefficient (Wildman–Crippen LogP) is 2.96. The van der Waals surface area contributed by atoms with E-state index in [-0.39, 0.29) is 0 Å². The minimum absolute atomic E-state index is 0.695. The summed E-state index contributed by atoms with van der Waals surface area (Å²) in [5, 5.41) is 6.83. The second-order valence-corrected chi connectivity index (χ2v) is 7.20. The molecule has 0 spiro atoms. The van der Waals surface area contributed by atoms with Crippen LogP contribution in [0.3, 0.4) is 0 Å². The van der Waals surface area contributed by atoms with Crippen molar-refractivity contribution in [2.24, 2.45) is 16.8 Å². The van der Waals surface area contributed by atoms with Gasteiger partial charge in [-0.05, 0) is 37.5 Å². The van der Waals surface area contributed by atoms with Crippen molar-refractivity contribution in [3.05, 3.63) is 0 Å². The maximum atomic E-state index is 5.79. The smallest absolute Gasteiger partial charge is 0.190 e. The van der Waals surface area contributed by atoms with E-state index in [4.69, 9.17) is 9.47 Å². The van der Waals surface area contributed by atoms with Crippen LogP contribution in [-0.4, -0.2) is 52.5 Å². The lowest BCUT2D eigenvalue weighted by atomic mass is 9.87. The van der Waals surface area contributed by atoms with Crippen LogP contribution in [0.25, 0.3) is 0 Å². The van der Waals surface area contributed by atoms with Crippen molar-refractivity contribution < 1.29 is 9.47 Å². The van der Waals surface area contributed by atoms with Crippen LogP contribution in [0.1, 0.15) is 57.8 Å². The number of ether oxygens (including phenoxy) is 2. The predicted molar refractivity (Wildman–Crippen MR) is 99.5 cm³/mol. The number of hydrogen-bond acceptors (Lipinski definition) is 3. The van der Waals surface area contributed by atoms with Crippen LogP contribution < -0.4 is 10.6 Å². The SMILES string of the molecule is CN=C(NCCCOCC1CCOCC1)NCCC1CCCCC1. The first-order chi connectivity index (χ1) is 11.9. The number of guanidine groups is 1. The molecule has 0 atom stereocenters. The van der Waals surface area contributed by atoms with Gasteiger partial charge >= 0.3 is 0 Å². The summed E-state index contributed by atoms with van der Waals surface area (Å²) < 4.78 is 11.2. The molecule has 1 saturated heterocycles. The lowest BCUT2D eigenvalue weighted by Gasteiger charge is -2.22. The van der Waals surface area contributed by atoms with Crippen LogP contribution >= 0.6 is 0 Å². The van der Waals surface area contributed by atoms with Crippen LogP contribution in [0.4, 0.5) is 0 Å². The molecule has 140 valence electrons. The first kappa shape index (κ1) is 19.5. The van der Waals surface area contributed by atoms with Gasteiger partial charge in [0.25, 0.3) is 0 Å². The van der Waals surface area contributed by atoms with E-state index in [2.05, 4.69) is 15.6 Å². The van der Waals surface area contributed by atoms with Gasteiger partial charge in [-0.3, -0.25) is 4.99 Å². The summed E-state index contributed by atoms with van der Waals surface area (Å²) in [6, 6.07) is 0. The van der Waals surface area contributed by atoms with Crippen molar-refractivity contribution >= 4 is 5.96 Å². The largest absolute Gasteiger partial charge is 0.381 e. The molecule has 2 rings (SSSR count). The standard InChI is InChI=1S/C19H37N3O2/c1-20-19(22-12-8-17-6-3-2-4-7-17)21-11-5-13-24-16-18-9-14-23-15-10-18/h17-18H,2-16H2,1H3,(H2,20,21,22). The molecule has 0 radical (unpaired) electrons. The van der Waals surface area contributed by atoms with E-state index in [0.29, 0.717) is 5.92 Å². The maximum absolute atomic E-state index is 5.79. The van der Waals surface area contributed by atoms with Crippen molar-refractivity contribution in [1.82, 2.24) is 10.6 Å². The van der Waals surface area contributed by atoms with Gasteiger partial charge in [0, 0.05) is 46.6 Å². The first-order valence-corrected chi connectivity index (χ1v) is 9.98. The Kier molecular flexibility index (Phi) is 10.2. The third-order valence-electron chi connectivity index (χ3n) is 5.25. The molecule has 0 bridgehead atoms. The summed E-state index contributed by atoms with van der Waals surface area (Å²) in [7, 11) is 1.84. The Labute approximate surface area is 148 Å². The van der Waals surface area contributed by atoms with Gasteiger partial charge in [0.05, 0.1) is 0 Å². The summed E-state index contributed by atoms with van der Waals surface area (Å²) in [5.41, 5.74) is 0.